The van der Waals surface area contributed by atoms with Crippen molar-refractivity contribution in [2.75, 3.05) is 27.0 Å². The lowest BCUT2D eigenvalue weighted by Crippen LogP contribution is -2.38. The van der Waals surface area contributed by atoms with Gasteiger partial charge in [0.05, 0.1) is 18.8 Å². The maximum atomic E-state index is 5.73. The van der Waals surface area contributed by atoms with E-state index in [4.69, 9.17) is 18.7 Å². The highest BCUT2D eigenvalue weighted by Gasteiger charge is 2.14. The van der Waals surface area contributed by atoms with Gasteiger partial charge in [-0.2, -0.15) is 0 Å². The number of hydrogen-bond donors (Lipinski definition) is 2. The summed E-state index contributed by atoms with van der Waals surface area (Å²) in [6, 6.07) is 7.55. The zero-order chi connectivity index (χ0) is 19.8. The van der Waals surface area contributed by atoms with Crippen LogP contribution < -0.4 is 24.8 Å². The van der Waals surface area contributed by atoms with Gasteiger partial charge in [0.2, 0.25) is 6.79 Å². The van der Waals surface area contributed by atoms with E-state index in [-0.39, 0.29) is 6.79 Å². The predicted molar refractivity (Wildman–Crippen MR) is 106 cm³/mol. The van der Waals surface area contributed by atoms with Crippen LogP contribution in [0.1, 0.15) is 44.1 Å². The summed E-state index contributed by atoms with van der Waals surface area (Å²) in [5.74, 6) is 4.11. The van der Waals surface area contributed by atoms with Gasteiger partial charge in [-0.25, -0.2) is 0 Å². The van der Waals surface area contributed by atoms with Crippen LogP contribution in [-0.4, -0.2) is 38.1 Å². The molecule has 0 atom stereocenters. The molecule has 3 rings (SSSR count). The van der Waals surface area contributed by atoms with Crippen molar-refractivity contribution in [2.24, 2.45) is 4.99 Å². The van der Waals surface area contributed by atoms with E-state index >= 15 is 0 Å². The van der Waals surface area contributed by atoms with Gasteiger partial charge in [0.15, 0.2) is 23.2 Å². The summed E-state index contributed by atoms with van der Waals surface area (Å²) >= 11 is 0. The van der Waals surface area contributed by atoms with Crippen molar-refractivity contribution in [3.63, 3.8) is 0 Å². The lowest BCUT2D eigenvalue weighted by atomic mass is 9.99. The molecule has 2 N–H and O–H groups in total. The Balaban J connectivity index is 1.39. The Bertz CT molecular complexity index is 786. The first kappa shape index (κ1) is 19.9. The first-order chi connectivity index (χ1) is 13.7. The number of rotatable bonds is 9. The van der Waals surface area contributed by atoms with Crippen LogP contribution in [0.25, 0.3) is 0 Å². The van der Waals surface area contributed by atoms with Crippen molar-refractivity contribution >= 4 is 5.96 Å². The van der Waals surface area contributed by atoms with Crippen LogP contribution in [0.15, 0.2) is 33.8 Å². The Labute approximate surface area is 165 Å². The van der Waals surface area contributed by atoms with Crippen LogP contribution in [0.3, 0.4) is 0 Å². The fourth-order valence-corrected chi connectivity index (χ4v) is 3.01. The second kappa shape index (κ2) is 9.87. The Morgan fingerprint density at radius 3 is 2.79 bits per heavy atom. The molecule has 1 aromatic carbocycles. The third-order valence-electron chi connectivity index (χ3n) is 4.64. The molecular weight excluding hydrogens is 360 g/mol. The quantitative estimate of drug-likeness (QED) is 0.388. The van der Waals surface area contributed by atoms with Gasteiger partial charge in [-0.1, -0.05) is 19.0 Å². The van der Waals surface area contributed by atoms with E-state index in [1.165, 1.54) is 0 Å². The van der Waals surface area contributed by atoms with Gasteiger partial charge in [-0.15, -0.1) is 0 Å². The summed E-state index contributed by atoms with van der Waals surface area (Å²) in [6.45, 7) is 6.20. The van der Waals surface area contributed by atoms with E-state index in [0.29, 0.717) is 37.3 Å². The number of aromatic nitrogens is 1. The van der Waals surface area contributed by atoms with Crippen LogP contribution in [0.2, 0.25) is 0 Å². The average Bonchev–Trinajstić information content (AvgIpc) is 3.37. The van der Waals surface area contributed by atoms with Crippen LogP contribution in [-0.2, 0) is 6.54 Å². The number of ether oxygens (including phenoxy) is 3. The fourth-order valence-electron chi connectivity index (χ4n) is 3.01. The Morgan fingerprint density at radius 2 is 2.00 bits per heavy atom. The van der Waals surface area contributed by atoms with Crippen molar-refractivity contribution in [2.45, 2.75) is 39.2 Å². The summed E-state index contributed by atoms with van der Waals surface area (Å²) in [4.78, 5) is 4.21. The molecule has 1 aliphatic rings. The van der Waals surface area contributed by atoms with Crippen molar-refractivity contribution in [3.05, 3.63) is 35.7 Å². The van der Waals surface area contributed by atoms with Gasteiger partial charge in [0, 0.05) is 25.1 Å². The number of benzene rings is 1. The molecule has 2 aromatic rings. The van der Waals surface area contributed by atoms with Gasteiger partial charge in [-0.05, 0) is 25.0 Å². The van der Waals surface area contributed by atoms with Crippen molar-refractivity contribution in [3.8, 4) is 17.2 Å². The number of nitrogens with zero attached hydrogens (tertiary/aromatic N) is 2. The molecule has 0 bridgehead atoms. The molecule has 1 aliphatic heterocycles. The molecule has 2 heterocycles. The summed E-state index contributed by atoms with van der Waals surface area (Å²) in [5, 5.41) is 10.6. The van der Waals surface area contributed by atoms with Gasteiger partial charge in [-0.3, -0.25) is 4.99 Å². The molecule has 0 saturated carbocycles. The summed E-state index contributed by atoms with van der Waals surface area (Å²) in [6.07, 6.45) is 2.12. The van der Waals surface area contributed by atoms with E-state index in [1.54, 1.807) is 7.05 Å². The number of aliphatic imine (C=N–C) groups is 1. The third kappa shape index (κ3) is 5.09. The monoisotopic (exact) mass is 388 g/mol. The Kier molecular flexibility index (Phi) is 7.00. The van der Waals surface area contributed by atoms with Crippen molar-refractivity contribution in [1.29, 1.82) is 0 Å². The Hall–Kier alpha value is -2.90. The minimum atomic E-state index is 0.257. The predicted octanol–water partition coefficient (Wildman–Crippen LogP) is 3.05. The molecule has 0 saturated heterocycles. The molecule has 8 heteroatoms. The molecule has 0 aliphatic carbocycles. The molecule has 28 heavy (non-hydrogen) atoms. The SMILES string of the molecule is CCC(CC)c1cc(CNC(=NC)NCCOc2ccc3c(c2)OCO3)on1. The summed E-state index contributed by atoms with van der Waals surface area (Å²) in [7, 11) is 1.73. The Morgan fingerprint density at radius 1 is 1.18 bits per heavy atom. The molecule has 0 spiro atoms. The van der Waals surface area contributed by atoms with Gasteiger partial charge < -0.3 is 29.4 Å². The maximum absolute atomic E-state index is 5.73. The zero-order valence-electron chi connectivity index (χ0n) is 16.7. The van der Waals surface area contributed by atoms with E-state index in [0.717, 1.165) is 35.8 Å². The lowest BCUT2D eigenvalue weighted by molar-refractivity contribution is 0.173. The van der Waals surface area contributed by atoms with Crippen LogP contribution in [0.4, 0.5) is 0 Å². The normalized spacial score (nSPS) is 13.1. The molecule has 8 nitrogen and oxygen atoms in total. The van der Waals surface area contributed by atoms with Crippen molar-refractivity contribution < 1.29 is 18.7 Å². The average molecular weight is 388 g/mol. The van der Waals surface area contributed by atoms with E-state index in [2.05, 4.69) is 34.6 Å². The maximum Gasteiger partial charge on any atom is 0.231 e. The first-order valence-corrected chi connectivity index (χ1v) is 9.65. The topological polar surface area (TPSA) is 90.1 Å². The first-order valence-electron chi connectivity index (χ1n) is 9.65. The van der Waals surface area contributed by atoms with Gasteiger partial charge in [0.25, 0.3) is 0 Å². The number of fused-ring (bicyclic) bond motifs is 1. The standard InChI is InChI=1S/C20H28N4O4/c1-4-14(5-2)17-10-16(28-24-17)12-23-20(21-3)22-8-9-25-15-6-7-18-19(11-15)27-13-26-18/h6-7,10-11,14H,4-5,8-9,12-13H2,1-3H3,(H2,21,22,23). The molecule has 0 amide bonds. The van der Waals surface area contributed by atoms with E-state index in [9.17, 15) is 0 Å². The second-order valence-corrected chi connectivity index (χ2v) is 6.45. The fraction of sp³-hybridized carbons (Fsp3) is 0.500. The minimum Gasteiger partial charge on any atom is -0.492 e. The molecule has 0 unspecified atom stereocenters. The lowest BCUT2D eigenvalue weighted by Gasteiger charge is -2.11. The van der Waals surface area contributed by atoms with Crippen LogP contribution >= 0.6 is 0 Å². The molecular formula is C20H28N4O4. The van der Waals surface area contributed by atoms with Crippen LogP contribution in [0.5, 0.6) is 17.2 Å². The van der Waals surface area contributed by atoms with Gasteiger partial charge >= 0.3 is 0 Å². The van der Waals surface area contributed by atoms with E-state index < -0.39 is 0 Å². The number of nitrogens with one attached hydrogen (secondary N) is 2. The number of hydrogen-bond acceptors (Lipinski definition) is 6. The summed E-state index contributed by atoms with van der Waals surface area (Å²) < 4.78 is 21.8. The van der Waals surface area contributed by atoms with Crippen molar-refractivity contribution in [1.82, 2.24) is 15.8 Å². The second-order valence-electron chi connectivity index (χ2n) is 6.45. The molecule has 1 aromatic heterocycles. The highest BCUT2D eigenvalue weighted by atomic mass is 16.7. The van der Waals surface area contributed by atoms with Gasteiger partial charge in [0.1, 0.15) is 12.4 Å². The number of guanidine groups is 1. The smallest absolute Gasteiger partial charge is 0.231 e. The van der Waals surface area contributed by atoms with E-state index in [1.807, 2.05) is 24.3 Å². The molecule has 0 radical (unpaired) electrons. The highest BCUT2D eigenvalue weighted by molar-refractivity contribution is 5.79. The largest absolute Gasteiger partial charge is 0.492 e. The molecule has 152 valence electrons. The third-order valence-corrected chi connectivity index (χ3v) is 4.64. The van der Waals surface area contributed by atoms with Crippen LogP contribution in [0, 0.1) is 0 Å². The molecule has 0 fully saturated rings. The minimum absolute atomic E-state index is 0.257. The highest BCUT2D eigenvalue weighted by Crippen LogP contribution is 2.34. The summed E-state index contributed by atoms with van der Waals surface area (Å²) in [5.41, 5.74) is 1.02. The zero-order valence-corrected chi connectivity index (χ0v) is 16.7.